The van der Waals surface area contributed by atoms with Crippen molar-refractivity contribution in [3.63, 3.8) is 0 Å². The standard InChI is InChI=1S/C19H15N3O4/c23-15-9-14(10-16(24)18(15)25)19(26)22-21-17(12-5-2-1-3-6-12)13-7-4-8-20-11-13/h1-11,23-25H,(H,22,26). The van der Waals surface area contributed by atoms with E-state index in [0.29, 0.717) is 11.3 Å². The van der Waals surface area contributed by atoms with Gasteiger partial charge in [0.05, 0.1) is 5.71 Å². The minimum absolute atomic E-state index is 0.0554. The van der Waals surface area contributed by atoms with E-state index in [9.17, 15) is 20.1 Å². The SMILES string of the molecule is O=C(NN=C(c1ccccc1)c1cccnc1)c1cc(O)c(O)c(O)c1. The normalized spacial score (nSPS) is 11.2. The third kappa shape index (κ3) is 3.62. The molecule has 0 atom stereocenters. The second-order valence-electron chi connectivity index (χ2n) is 5.37. The van der Waals surface area contributed by atoms with E-state index in [1.165, 1.54) is 0 Å². The Bertz CT molecular complexity index is 893. The zero-order valence-electron chi connectivity index (χ0n) is 13.5. The number of phenols is 3. The predicted octanol–water partition coefficient (Wildman–Crippen LogP) is 2.38. The second-order valence-corrected chi connectivity index (χ2v) is 5.37. The van der Waals surface area contributed by atoms with Crippen LogP contribution in [0.2, 0.25) is 0 Å². The number of hydrogen-bond donors (Lipinski definition) is 4. The van der Waals surface area contributed by atoms with E-state index in [4.69, 9.17) is 0 Å². The number of hydrazone groups is 1. The van der Waals surface area contributed by atoms with Crippen molar-refractivity contribution in [2.75, 3.05) is 0 Å². The monoisotopic (exact) mass is 349 g/mol. The van der Waals surface area contributed by atoms with Crippen molar-refractivity contribution in [2.45, 2.75) is 0 Å². The number of carbonyl (C=O) groups excluding carboxylic acids is 1. The molecule has 0 unspecified atom stereocenters. The summed E-state index contributed by atoms with van der Waals surface area (Å²) in [5.74, 6) is -2.55. The number of rotatable bonds is 4. The summed E-state index contributed by atoms with van der Waals surface area (Å²) in [7, 11) is 0. The maximum Gasteiger partial charge on any atom is 0.271 e. The van der Waals surface area contributed by atoms with Gasteiger partial charge < -0.3 is 15.3 Å². The van der Waals surface area contributed by atoms with Crippen LogP contribution in [0, 0.1) is 0 Å². The second kappa shape index (κ2) is 7.35. The maximum absolute atomic E-state index is 12.3. The third-order valence-electron chi connectivity index (χ3n) is 3.58. The molecule has 0 saturated heterocycles. The summed E-state index contributed by atoms with van der Waals surface area (Å²) in [5.41, 5.74) is 4.31. The van der Waals surface area contributed by atoms with Crippen LogP contribution in [0.5, 0.6) is 17.2 Å². The molecule has 4 N–H and O–H groups in total. The van der Waals surface area contributed by atoms with E-state index in [1.807, 2.05) is 36.4 Å². The summed E-state index contributed by atoms with van der Waals surface area (Å²) >= 11 is 0. The van der Waals surface area contributed by atoms with Gasteiger partial charge in [0, 0.05) is 29.1 Å². The van der Waals surface area contributed by atoms with Gasteiger partial charge in [-0.1, -0.05) is 30.3 Å². The van der Waals surface area contributed by atoms with Crippen LogP contribution in [-0.2, 0) is 0 Å². The van der Waals surface area contributed by atoms with E-state index >= 15 is 0 Å². The highest BCUT2D eigenvalue weighted by Gasteiger charge is 2.14. The highest BCUT2D eigenvalue weighted by molar-refractivity contribution is 6.13. The fourth-order valence-electron chi connectivity index (χ4n) is 2.30. The lowest BCUT2D eigenvalue weighted by Gasteiger charge is -2.08. The van der Waals surface area contributed by atoms with Gasteiger partial charge in [-0.15, -0.1) is 0 Å². The molecule has 7 nitrogen and oxygen atoms in total. The fourth-order valence-corrected chi connectivity index (χ4v) is 2.30. The van der Waals surface area contributed by atoms with Gasteiger partial charge >= 0.3 is 0 Å². The van der Waals surface area contributed by atoms with Gasteiger partial charge in [-0.3, -0.25) is 9.78 Å². The molecule has 1 heterocycles. The Morgan fingerprint density at radius 2 is 1.54 bits per heavy atom. The molecule has 3 rings (SSSR count). The molecule has 0 aliphatic carbocycles. The van der Waals surface area contributed by atoms with E-state index in [2.05, 4.69) is 15.5 Å². The van der Waals surface area contributed by atoms with E-state index in [1.54, 1.807) is 18.5 Å². The lowest BCUT2D eigenvalue weighted by atomic mass is 10.0. The van der Waals surface area contributed by atoms with Crippen molar-refractivity contribution in [1.29, 1.82) is 0 Å². The number of hydrogen-bond acceptors (Lipinski definition) is 6. The van der Waals surface area contributed by atoms with E-state index < -0.39 is 23.2 Å². The summed E-state index contributed by atoms with van der Waals surface area (Å²) < 4.78 is 0. The molecule has 26 heavy (non-hydrogen) atoms. The van der Waals surface area contributed by atoms with Crippen molar-refractivity contribution >= 4 is 11.6 Å². The van der Waals surface area contributed by atoms with Crippen LogP contribution in [0.4, 0.5) is 0 Å². The number of aromatic nitrogens is 1. The quantitative estimate of drug-likeness (QED) is 0.328. The van der Waals surface area contributed by atoms with Gasteiger partial charge in [0.1, 0.15) is 0 Å². The van der Waals surface area contributed by atoms with Crippen molar-refractivity contribution < 1.29 is 20.1 Å². The first-order valence-corrected chi connectivity index (χ1v) is 7.65. The van der Waals surface area contributed by atoms with E-state index in [-0.39, 0.29) is 5.56 Å². The minimum Gasteiger partial charge on any atom is -0.504 e. The Balaban J connectivity index is 1.93. The first-order chi connectivity index (χ1) is 12.6. The van der Waals surface area contributed by atoms with E-state index in [0.717, 1.165) is 17.7 Å². The van der Waals surface area contributed by atoms with Crippen LogP contribution in [0.3, 0.4) is 0 Å². The first-order valence-electron chi connectivity index (χ1n) is 7.65. The average molecular weight is 349 g/mol. The molecule has 0 saturated carbocycles. The largest absolute Gasteiger partial charge is 0.504 e. The molecular formula is C19H15N3O4. The molecule has 1 aromatic heterocycles. The van der Waals surface area contributed by atoms with Gasteiger partial charge in [0.2, 0.25) is 0 Å². The van der Waals surface area contributed by atoms with Crippen LogP contribution >= 0.6 is 0 Å². The van der Waals surface area contributed by atoms with Crippen molar-refractivity contribution in [3.8, 4) is 17.2 Å². The number of nitrogens with zero attached hydrogens (tertiary/aromatic N) is 2. The van der Waals surface area contributed by atoms with Crippen LogP contribution in [0.1, 0.15) is 21.5 Å². The summed E-state index contributed by atoms with van der Waals surface area (Å²) in [5, 5.41) is 32.6. The summed E-state index contributed by atoms with van der Waals surface area (Å²) in [6.45, 7) is 0. The lowest BCUT2D eigenvalue weighted by Crippen LogP contribution is -2.20. The Morgan fingerprint density at radius 3 is 2.15 bits per heavy atom. The number of carbonyl (C=O) groups is 1. The van der Waals surface area contributed by atoms with Gasteiger partial charge in [0.25, 0.3) is 5.91 Å². The molecule has 2 aromatic carbocycles. The number of phenolic OH excluding ortho intramolecular Hbond substituents is 3. The Labute approximate surface area is 148 Å². The summed E-state index contributed by atoms with van der Waals surface area (Å²) in [6.07, 6.45) is 3.25. The van der Waals surface area contributed by atoms with Crippen LogP contribution in [-0.4, -0.2) is 31.9 Å². The molecule has 0 aliphatic rings. The van der Waals surface area contributed by atoms with Crippen LogP contribution in [0.25, 0.3) is 0 Å². The van der Waals surface area contributed by atoms with Gasteiger partial charge in [0.15, 0.2) is 17.2 Å². The molecule has 3 aromatic rings. The average Bonchev–Trinajstić information content (AvgIpc) is 2.67. The summed E-state index contributed by atoms with van der Waals surface area (Å²) in [4.78, 5) is 16.4. The molecule has 0 spiro atoms. The molecule has 0 fully saturated rings. The Hall–Kier alpha value is -3.87. The highest BCUT2D eigenvalue weighted by atomic mass is 16.3. The highest BCUT2D eigenvalue weighted by Crippen LogP contribution is 2.35. The van der Waals surface area contributed by atoms with Crippen molar-refractivity contribution in [1.82, 2.24) is 10.4 Å². The Kier molecular flexibility index (Phi) is 4.80. The molecule has 1 amide bonds. The van der Waals surface area contributed by atoms with Gasteiger partial charge in [-0.2, -0.15) is 5.10 Å². The molecule has 0 radical (unpaired) electrons. The fraction of sp³-hybridized carbons (Fsp3) is 0. The van der Waals surface area contributed by atoms with Gasteiger partial charge in [-0.05, 0) is 24.3 Å². The maximum atomic E-state index is 12.3. The lowest BCUT2D eigenvalue weighted by molar-refractivity contribution is 0.0954. The molecular weight excluding hydrogens is 334 g/mol. The number of amides is 1. The first kappa shape index (κ1) is 17.0. The minimum atomic E-state index is -0.689. The number of nitrogens with one attached hydrogen (secondary N) is 1. The third-order valence-corrected chi connectivity index (χ3v) is 3.58. The number of pyridine rings is 1. The van der Waals surface area contributed by atoms with Crippen LogP contribution < -0.4 is 5.43 Å². The molecule has 130 valence electrons. The summed E-state index contributed by atoms with van der Waals surface area (Å²) in [6, 6.07) is 14.9. The molecule has 0 aliphatic heterocycles. The molecule has 7 heteroatoms. The van der Waals surface area contributed by atoms with Gasteiger partial charge in [-0.25, -0.2) is 5.43 Å². The van der Waals surface area contributed by atoms with Crippen molar-refractivity contribution in [2.24, 2.45) is 5.10 Å². The predicted molar refractivity (Wildman–Crippen MR) is 95.2 cm³/mol. The topological polar surface area (TPSA) is 115 Å². The zero-order chi connectivity index (χ0) is 18.5. The smallest absolute Gasteiger partial charge is 0.271 e. The number of aromatic hydroxyl groups is 3. The Morgan fingerprint density at radius 1 is 0.885 bits per heavy atom. The molecule has 0 bridgehead atoms. The van der Waals surface area contributed by atoms with Crippen molar-refractivity contribution in [3.05, 3.63) is 83.7 Å². The number of benzene rings is 2. The zero-order valence-corrected chi connectivity index (χ0v) is 13.5. The van der Waals surface area contributed by atoms with Crippen LogP contribution in [0.15, 0.2) is 72.1 Å².